The van der Waals surface area contributed by atoms with Crippen molar-refractivity contribution in [2.24, 2.45) is 5.92 Å². The van der Waals surface area contributed by atoms with Crippen molar-refractivity contribution in [1.29, 1.82) is 0 Å². The Morgan fingerprint density at radius 3 is 2.80 bits per heavy atom. The summed E-state index contributed by atoms with van der Waals surface area (Å²) in [7, 11) is 0. The zero-order chi connectivity index (χ0) is 17.5. The van der Waals surface area contributed by atoms with Gasteiger partial charge >= 0.3 is 0 Å². The summed E-state index contributed by atoms with van der Waals surface area (Å²) in [6.07, 6.45) is 9.60. The van der Waals surface area contributed by atoms with Crippen LogP contribution in [-0.4, -0.2) is 17.1 Å². The van der Waals surface area contributed by atoms with Gasteiger partial charge in [0, 0.05) is 24.3 Å². The molecule has 134 valence electrons. The zero-order valence-corrected chi connectivity index (χ0v) is 14.8. The number of carbonyl (C=O) groups is 1. The minimum atomic E-state index is -0.278. The number of hydrogen-bond acceptors (Lipinski definition) is 4. The molecular weight excluding hydrogens is 314 g/mol. The summed E-state index contributed by atoms with van der Waals surface area (Å²) >= 11 is 0. The van der Waals surface area contributed by atoms with Gasteiger partial charge in [-0.3, -0.25) is 4.79 Å². The lowest BCUT2D eigenvalue weighted by Crippen LogP contribution is -2.29. The van der Waals surface area contributed by atoms with Crippen molar-refractivity contribution >= 4 is 11.6 Å². The highest BCUT2D eigenvalue weighted by Crippen LogP contribution is 2.27. The fourth-order valence-corrected chi connectivity index (χ4v) is 3.60. The molecule has 1 aliphatic carbocycles. The van der Waals surface area contributed by atoms with Crippen molar-refractivity contribution in [1.82, 2.24) is 10.5 Å². The normalized spacial score (nSPS) is 16.5. The Kier molecular flexibility index (Phi) is 6.23. The molecule has 2 N–H and O–H groups in total. The zero-order valence-electron chi connectivity index (χ0n) is 14.8. The highest BCUT2D eigenvalue weighted by atomic mass is 16.5. The third-order valence-corrected chi connectivity index (χ3v) is 4.98. The maximum atomic E-state index is 12.2. The van der Waals surface area contributed by atoms with Gasteiger partial charge in [0.2, 0.25) is 5.76 Å². The van der Waals surface area contributed by atoms with E-state index in [1.54, 1.807) is 6.07 Å². The van der Waals surface area contributed by atoms with Gasteiger partial charge in [-0.15, -0.1) is 0 Å². The number of nitrogens with one attached hydrogen (secondary N) is 2. The Morgan fingerprint density at radius 2 is 2.04 bits per heavy atom. The SMILES string of the molecule is C[C@@H](CC1CCCCC1)NCc1ccccc1NC(=O)c1ccno1. The number of nitrogens with zero attached hydrogens (tertiary/aromatic N) is 1. The van der Waals surface area contributed by atoms with Gasteiger partial charge < -0.3 is 15.2 Å². The molecule has 25 heavy (non-hydrogen) atoms. The topological polar surface area (TPSA) is 67.2 Å². The van der Waals surface area contributed by atoms with Crippen LogP contribution in [0.2, 0.25) is 0 Å². The number of carbonyl (C=O) groups excluding carboxylic acids is 1. The average molecular weight is 341 g/mol. The summed E-state index contributed by atoms with van der Waals surface area (Å²) in [6.45, 7) is 2.99. The Hall–Kier alpha value is -2.14. The van der Waals surface area contributed by atoms with Crippen LogP contribution < -0.4 is 10.6 Å². The first kappa shape index (κ1) is 17.7. The van der Waals surface area contributed by atoms with Crippen molar-refractivity contribution in [3.8, 4) is 0 Å². The maximum absolute atomic E-state index is 12.2. The second-order valence-electron chi connectivity index (χ2n) is 7.01. The fraction of sp³-hybridized carbons (Fsp3) is 0.500. The number of hydrogen-bond donors (Lipinski definition) is 2. The van der Waals surface area contributed by atoms with E-state index >= 15 is 0 Å². The molecule has 1 aromatic carbocycles. The van der Waals surface area contributed by atoms with Crippen LogP contribution in [0.4, 0.5) is 5.69 Å². The Labute approximate surface area is 149 Å². The van der Waals surface area contributed by atoms with E-state index in [0.717, 1.165) is 23.7 Å². The summed E-state index contributed by atoms with van der Waals surface area (Å²) in [5, 5.41) is 10.1. The van der Waals surface area contributed by atoms with E-state index < -0.39 is 0 Å². The van der Waals surface area contributed by atoms with Gasteiger partial charge in [0.05, 0.1) is 6.20 Å². The molecule has 0 unspecified atom stereocenters. The Morgan fingerprint density at radius 1 is 1.24 bits per heavy atom. The summed E-state index contributed by atoms with van der Waals surface area (Å²) in [4.78, 5) is 12.2. The van der Waals surface area contributed by atoms with E-state index in [1.807, 2.05) is 24.3 Å². The summed E-state index contributed by atoms with van der Waals surface area (Å²) < 4.78 is 4.91. The summed E-state index contributed by atoms with van der Waals surface area (Å²) in [5.74, 6) is 0.797. The molecule has 0 bridgehead atoms. The minimum absolute atomic E-state index is 0.216. The van der Waals surface area contributed by atoms with Crippen LogP contribution in [-0.2, 0) is 6.54 Å². The van der Waals surface area contributed by atoms with E-state index in [0.29, 0.717) is 6.04 Å². The molecule has 0 spiro atoms. The van der Waals surface area contributed by atoms with Crippen molar-refractivity contribution in [2.45, 2.75) is 58.0 Å². The molecule has 0 aliphatic heterocycles. The lowest BCUT2D eigenvalue weighted by molar-refractivity contribution is 0.0988. The highest BCUT2D eigenvalue weighted by Gasteiger charge is 2.17. The highest BCUT2D eigenvalue weighted by molar-refractivity contribution is 6.02. The standard InChI is InChI=1S/C20H27N3O2/c1-15(13-16-7-3-2-4-8-16)21-14-17-9-5-6-10-18(17)23-20(24)19-11-12-22-25-19/h5-6,9-12,15-16,21H,2-4,7-8,13-14H2,1H3,(H,23,24)/t15-/m0/s1. The lowest BCUT2D eigenvalue weighted by Gasteiger charge is -2.25. The average Bonchev–Trinajstić information content (AvgIpc) is 3.17. The molecular formula is C20H27N3O2. The van der Waals surface area contributed by atoms with Crippen LogP contribution in [0.1, 0.15) is 61.6 Å². The quantitative estimate of drug-likeness (QED) is 0.784. The van der Waals surface area contributed by atoms with Crippen molar-refractivity contribution in [2.75, 3.05) is 5.32 Å². The fourth-order valence-electron chi connectivity index (χ4n) is 3.60. The Bertz CT molecular complexity index is 663. The second kappa shape index (κ2) is 8.81. The van der Waals surface area contributed by atoms with Gasteiger partial charge in [-0.1, -0.05) is 55.5 Å². The first-order valence-electron chi connectivity index (χ1n) is 9.25. The molecule has 3 rings (SSSR count). The predicted octanol–water partition coefficient (Wildman–Crippen LogP) is 4.38. The third-order valence-electron chi connectivity index (χ3n) is 4.98. The maximum Gasteiger partial charge on any atom is 0.294 e. The summed E-state index contributed by atoms with van der Waals surface area (Å²) in [6, 6.07) is 9.90. The molecule has 0 saturated heterocycles. The summed E-state index contributed by atoms with van der Waals surface area (Å²) in [5.41, 5.74) is 1.88. The molecule has 1 aromatic heterocycles. The first-order chi connectivity index (χ1) is 12.2. The van der Waals surface area contributed by atoms with Gasteiger partial charge in [0.15, 0.2) is 0 Å². The van der Waals surface area contributed by atoms with E-state index in [1.165, 1.54) is 44.7 Å². The second-order valence-corrected chi connectivity index (χ2v) is 7.01. The molecule has 2 aromatic rings. The van der Waals surface area contributed by atoms with Crippen molar-refractivity contribution in [3.63, 3.8) is 0 Å². The Balaban J connectivity index is 1.54. The van der Waals surface area contributed by atoms with E-state index in [-0.39, 0.29) is 11.7 Å². The van der Waals surface area contributed by atoms with Gasteiger partial charge in [-0.2, -0.15) is 0 Å². The van der Waals surface area contributed by atoms with Gasteiger partial charge in [0.25, 0.3) is 5.91 Å². The van der Waals surface area contributed by atoms with Crippen molar-refractivity contribution < 1.29 is 9.32 Å². The van der Waals surface area contributed by atoms with Gasteiger partial charge in [-0.25, -0.2) is 0 Å². The largest absolute Gasteiger partial charge is 0.351 e. The molecule has 5 heteroatoms. The lowest BCUT2D eigenvalue weighted by atomic mass is 9.85. The monoisotopic (exact) mass is 341 g/mol. The van der Waals surface area contributed by atoms with E-state index in [4.69, 9.17) is 4.52 Å². The molecule has 1 fully saturated rings. The van der Waals surface area contributed by atoms with Crippen LogP contribution in [0.3, 0.4) is 0 Å². The number of para-hydroxylation sites is 1. The van der Waals surface area contributed by atoms with Gasteiger partial charge in [-0.05, 0) is 30.9 Å². The smallest absolute Gasteiger partial charge is 0.294 e. The number of rotatable bonds is 7. The molecule has 0 radical (unpaired) electrons. The van der Waals surface area contributed by atoms with Crippen LogP contribution in [0.15, 0.2) is 41.1 Å². The molecule has 5 nitrogen and oxygen atoms in total. The van der Waals surface area contributed by atoms with E-state index in [9.17, 15) is 4.79 Å². The van der Waals surface area contributed by atoms with Gasteiger partial charge in [0.1, 0.15) is 0 Å². The third kappa shape index (κ3) is 5.16. The van der Waals surface area contributed by atoms with Crippen LogP contribution in [0.25, 0.3) is 0 Å². The van der Waals surface area contributed by atoms with Crippen molar-refractivity contribution in [3.05, 3.63) is 47.9 Å². The molecule has 1 heterocycles. The van der Waals surface area contributed by atoms with Crippen LogP contribution in [0.5, 0.6) is 0 Å². The molecule has 1 atom stereocenters. The minimum Gasteiger partial charge on any atom is -0.351 e. The number of anilines is 1. The van der Waals surface area contributed by atoms with Crippen LogP contribution in [0, 0.1) is 5.92 Å². The molecule has 1 aliphatic rings. The molecule has 1 saturated carbocycles. The number of benzene rings is 1. The van der Waals surface area contributed by atoms with Crippen LogP contribution >= 0.6 is 0 Å². The number of amides is 1. The first-order valence-corrected chi connectivity index (χ1v) is 9.25. The molecule has 1 amide bonds. The predicted molar refractivity (Wildman–Crippen MR) is 98.4 cm³/mol. The van der Waals surface area contributed by atoms with E-state index in [2.05, 4.69) is 22.7 Å². The number of aromatic nitrogens is 1.